The summed E-state index contributed by atoms with van der Waals surface area (Å²) in [5.74, 6) is 2.23. The first-order valence-electron chi connectivity index (χ1n) is 7.27. The van der Waals surface area contributed by atoms with Gasteiger partial charge < -0.3 is 14.8 Å². The zero-order valence-electron chi connectivity index (χ0n) is 12.8. The molecule has 0 saturated carbocycles. The summed E-state index contributed by atoms with van der Waals surface area (Å²) in [4.78, 5) is 4.32. The molecule has 0 aliphatic rings. The summed E-state index contributed by atoms with van der Waals surface area (Å²) in [6.07, 6.45) is 2.73. The lowest BCUT2D eigenvalue weighted by Crippen LogP contribution is -2.13. The Morgan fingerprint density at radius 3 is 2.52 bits per heavy atom. The van der Waals surface area contributed by atoms with E-state index in [1.807, 2.05) is 43.4 Å². The van der Waals surface area contributed by atoms with Gasteiger partial charge in [-0.1, -0.05) is 13.0 Å². The van der Waals surface area contributed by atoms with Gasteiger partial charge in [-0.05, 0) is 50.7 Å². The Balaban J connectivity index is 2.11. The zero-order chi connectivity index (χ0) is 15.1. The minimum Gasteiger partial charge on any atom is -0.494 e. The third-order valence-corrected chi connectivity index (χ3v) is 3.21. The predicted octanol–water partition coefficient (Wildman–Crippen LogP) is 3.94. The highest BCUT2D eigenvalue weighted by atomic mass is 16.5. The molecule has 1 unspecified atom stereocenters. The molecule has 0 saturated heterocycles. The lowest BCUT2D eigenvalue weighted by atomic mass is 10.1. The van der Waals surface area contributed by atoms with Gasteiger partial charge in [0.15, 0.2) is 0 Å². The average Bonchev–Trinajstić information content (AvgIpc) is 2.54. The summed E-state index contributed by atoms with van der Waals surface area (Å²) in [6, 6.07) is 11.7. The molecule has 4 heteroatoms. The van der Waals surface area contributed by atoms with Crippen molar-refractivity contribution in [2.75, 3.05) is 13.7 Å². The summed E-state index contributed by atoms with van der Waals surface area (Å²) >= 11 is 0. The van der Waals surface area contributed by atoms with Gasteiger partial charge in [0.1, 0.15) is 11.5 Å². The lowest BCUT2D eigenvalue weighted by molar-refractivity contribution is 0.317. The van der Waals surface area contributed by atoms with Gasteiger partial charge in [0.2, 0.25) is 5.88 Å². The minimum absolute atomic E-state index is 0.181. The van der Waals surface area contributed by atoms with Gasteiger partial charge in [-0.3, -0.25) is 0 Å². The van der Waals surface area contributed by atoms with Crippen molar-refractivity contribution in [1.82, 2.24) is 10.3 Å². The Kier molecular flexibility index (Phi) is 5.58. The molecule has 1 heterocycles. The van der Waals surface area contributed by atoms with Crippen LogP contribution in [0.5, 0.6) is 17.4 Å². The van der Waals surface area contributed by atoms with E-state index in [1.165, 1.54) is 0 Å². The van der Waals surface area contributed by atoms with Crippen LogP contribution in [-0.4, -0.2) is 18.6 Å². The van der Waals surface area contributed by atoms with Crippen LogP contribution in [0.1, 0.15) is 31.9 Å². The maximum atomic E-state index is 5.89. The highest BCUT2D eigenvalue weighted by Gasteiger charge is 2.11. The number of nitrogens with zero attached hydrogens (tertiary/aromatic N) is 1. The fraction of sp³-hybridized carbons (Fsp3) is 0.353. The summed E-state index contributed by atoms with van der Waals surface area (Å²) in [5.41, 5.74) is 1.03. The van der Waals surface area contributed by atoms with E-state index in [0.29, 0.717) is 5.88 Å². The Bertz CT molecular complexity index is 555. The molecule has 1 atom stereocenters. The number of rotatable bonds is 7. The van der Waals surface area contributed by atoms with E-state index in [4.69, 9.17) is 9.47 Å². The fourth-order valence-corrected chi connectivity index (χ4v) is 1.91. The van der Waals surface area contributed by atoms with E-state index < -0.39 is 0 Å². The first-order chi connectivity index (χ1) is 10.2. The van der Waals surface area contributed by atoms with E-state index in [1.54, 1.807) is 6.20 Å². The van der Waals surface area contributed by atoms with Crippen molar-refractivity contribution in [1.29, 1.82) is 0 Å². The van der Waals surface area contributed by atoms with E-state index in [0.717, 1.165) is 30.1 Å². The van der Waals surface area contributed by atoms with Crippen LogP contribution in [-0.2, 0) is 0 Å². The summed E-state index contributed by atoms with van der Waals surface area (Å²) in [6.45, 7) is 4.89. The Hall–Kier alpha value is -2.07. The van der Waals surface area contributed by atoms with Gasteiger partial charge in [-0.15, -0.1) is 0 Å². The van der Waals surface area contributed by atoms with Gasteiger partial charge in [0.25, 0.3) is 0 Å². The molecule has 0 spiro atoms. The van der Waals surface area contributed by atoms with Crippen molar-refractivity contribution in [3.63, 3.8) is 0 Å². The third kappa shape index (κ3) is 4.20. The van der Waals surface area contributed by atoms with Crippen LogP contribution in [0.4, 0.5) is 0 Å². The molecule has 1 aromatic heterocycles. The summed E-state index contributed by atoms with van der Waals surface area (Å²) in [7, 11) is 1.92. The largest absolute Gasteiger partial charge is 0.494 e. The number of hydrogen-bond donors (Lipinski definition) is 1. The first-order valence-corrected chi connectivity index (χ1v) is 7.27. The maximum Gasteiger partial charge on any atom is 0.223 e. The molecule has 4 nitrogen and oxygen atoms in total. The second-order valence-electron chi connectivity index (χ2n) is 4.83. The van der Waals surface area contributed by atoms with Gasteiger partial charge in [-0.25, -0.2) is 4.98 Å². The topological polar surface area (TPSA) is 43.4 Å². The van der Waals surface area contributed by atoms with Crippen molar-refractivity contribution in [2.24, 2.45) is 0 Å². The summed E-state index contributed by atoms with van der Waals surface area (Å²) < 4.78 is 11.4. The normalized spacial score (nSPS) is 12.0. The molecule has 0 aliphatic heterocycles. The molecule has 0 aliphatic carbocycles. The van der Waals surface area contributed by atoms with Crippen molar-refractivity contribution in [2.45, 2.75) is 26.3 Å². The Morgan fingerprint density at radius 1 is 1.14 bits per heavy atom. The fourth-order valence-electron chi connectivity index (χ4n) is 1.91. The molecule has 0 bridgehead atoms. The van der Waals surface area contributed by atoms with Gasteiger partial charge >= 0.3 is 0 Å². The van der Waals surface area contributed by atoms with Crippen LogP contribution in [0.2, 0.25) is 0 Å². The number of aromatic nitrogens is 1. The second kappa shape index (κ2) is 7.64. The molecular formula is C17H22N2O2. The number of pyridine rings is 1. The quantitative estimate of drug-likeness (QED) is 0.837. The monoisotopic (exact) mass is 286 g/mol. The number of nitrogens with one attached hydrogen (secondary N) is 1. The molecule has 2 aromatic rings. The van der Waals surface area contributed by atoms with Crippen LogP contribution in [0, 0.1) is 0 Å². The maximum absolute atomic E-state index is 5.89. The zero-order valence-corrected chi connectivity index (χ0v) is 12.8. The summed E-state index contributed by atoms with van der Waals surface area (Å²) in [5, 5.41) is 3.20. The third-order valence-electron chi connectivity index (χ3n) is 3.21. The molecule has 2 rings (SSSR count). The molecule has 0 fully saturated rings. The van der Waals surface area contributed by atoms with Crippen LogP contribution in [0.15, 0.2) is 42.6 Å². The van der Waals surface area contributed by atoms with Crippen LogP contribution in [0.3, 0.4) is 0 Å². The van der Waals surface area contributed by atoms with Crippen molar-refractivity contribution < 1.29 is 9.47 Å². The van der Waals surface area contributed by atoms with Gasteiger partial charge in [0.05, 0.1) is 6.61 Å². The molecule has 0 amide bonds. The van der Waals surface area contributed by atoms with E-state index in [-0.39, 0.29) is 6.04 Å². The molecule has 1 aromatic carbocycles. The minimum atomic E-state index is 0.181. The second-order valence-corrected chi connectivity index (χ2v) is 4.83. The van der Waals surface area contributed by atoms with Gasteiger partial charge in [-0.2, -0.15) is 0 Å². The van der Waals surface area contributed by atoms with Crippen molar-refractivity contribution >= 4 is 0 Å². The molecule has 1 N–H and O–H groups in total. The number of ether oxygens (including phenoxy) is 2. The van der Waals surface area contributed by atoms with Crippen LogP contribution >= 0.6 is 0 Å². The van der Waals surface area contributed by atoms with Crippen LogP contribution < -0.4 is 14.8 Å². The predicted molar refractivity (Wildman–Crippen MR) is 84.0 cm³/mol. The van der Waals surface area contributed by atoms with Gasteiger partial charge in [0, 0.05) is 17.8 Å². The van der Waals surface area contributed by atoms with Crippen LogP contribution in [0.25, 0.3) is 0 Å². The van der Waals surface area contributed by atoms with E-state index in [2.05, 4.69) is 24.1 Å². The van der Waals surface area contributed by atoms with E-state index >= 15 is 0 Å². The number of hydrogen-bond acceptors (Lipinski definition) is 4. The van der Waals surface area contributed by atoms with Crippen molar-refractivity contribution in [3.8, 4) is 17.4 Å². The molecule has 112 valence electrons. The molecule has 21 heavy (non-hydrogen) atoms. The Morgan fingerprint density at radius 2 is 1.86 bits per heavy atom. The van der Waals surface area contributed by atoms with E-state index in [9.17, 15) is 0 Å². The smallest absolute Gasteiger partial charge is 0.223 e. The average molecular weight is 286 g/mol. The molecular weight excluding hydrogens is 264 g/mol. The SMILES string of the molecule is CCCOc1ccc(Oc2ncccc2C(C)NC)cc1. The Labute approximate surface area is 126 Å². The molecule has 0 radical (unpaired) electrons. The standard InChI is InChI=1S/C17H22N2O2/c1-4-12-20-14-7-9-15(10-8-14)21-17-16(13(2)18-3)6-5-11-19-17/h5-11,13,18H,4,12H2,1-3H3. The number of benzene rings is 1. The highest BCUT2D eigenvalue weighted by molar-refractivity contribution is 5.36. The lowest BCUT2D eigenvalue weighted by Gasteiger charge is -2.15. The van der Waals surface area contributed by atoms with Crippen molar-refractivity contribution in [3.05, 3.63) is 48.2 Å². The highest BCUT2D eigenvalue weighted by Crippen LogP contribution is 2.28. The first kappa shape index (κ1) is 15.3.